The predicted molar refractivity (Wildman–Crippen MR) is 105 cm³/mol. The van der Waals surface area contributed by atoms with E-state index in [1.54, 1.807) is 12.1 Å². The Morgan fingerprint density at radius 2 is 1.77 bits per heavy atom. The lowest BCUT2D eigenvalue weighted by Gasteiger charge is -2.38. The third-order valence-electron chi connectivity index (χ3n) is 6.86. The van der Waals surface area contributed by atoms with Crippen LogP contribution in [-0.2, 0) is 4.79 Å². The number of hydrogen-bond donors (Lipinski definition) is 2. The number of nitrogens with zero attached hydrogens (tertiary/aromatic N) is 1. The van der Waals surface area contributed by atoms with Crippen LogP contribution < -0.4 is 5.32 Å². The standard InChI is InChI=1S/C22H34N2O2/c1-15-5-4-6-21(16(15)2)23-22(26)17(3)24-13-11-19(12-14-24)18-7-9-20(25)10-8-18/h7-10,15-17,19,21,25H,4-6,11-14H2,1-3H3,(H,23,26). The smallest absolute Gasteiger partial charge is 0.237 e. The third-order valence-corrected chi connectivity index (χ3v) is 6.86. The van der Waals surface area contributed by atoms with Gasteiger partial charge in [0.05, 0.1) is 6.04 Å². The molecule has 26 heavy (non-hydrogen) atoms. The van der Waals surface area contributed by atoms with Gasteiger partial charge in [0, 0.05) is 6.04 Å². The van der Waals surface area contributed by atoms with Crippen LogP contribution in [0.1, 0.15) is 64.4 Å². The number of nitrogens with one attached hydrogen (secondary N) is 1. The van der Waals surface area contributed by atoms with Crippen molar-refractivity contribution < 1.29 is 9.90 Å². The van der Waals surface area contributed by atoms with Crippen molar-refractivity contribution in [3.05, 3.63) is 29.8 Å². The first-order valence-corrected chi connectivity index (χ1v) is 10.3. The van der Waals surface area contributed by atoms with Gasteiger partial charge in [0.2, 0.25) is 5.91 Å². The normalized spacial score (nSPS) is 29.3. The summed E-state index contributed by atoms with van der Waals surface area (Å²) in [6, 6.07) is 7.87. The molecule has 2 fully saturated rings. The molecule has 4 atom stereocenters. The van der Waals surface area contributed by atoms with Gasteiger partial charge < -0.3 is 10.4 Å². The predicted octanol–water partition coefficient (Wildman–Crippen LogP) is 3.90. The Hall–Kier alpha value is -1.55. The molecule has 0 aromatic heterocycles. The van der Waals surface area contributed by atoms with Crippen LogP contribution in [0.15, 0.2) is 24.3 Å². The molecule has 4 heteroatoms. The largest absolute Gasteiger partial charge is 0.508 e. The zero-order valence-corrected chi connectivity index (χ0v) is 16.4. The number of likely N-dealkylation sites (tertiary alicyclic amines) is 1. The van der Waals surface area contributed by atoms with Crippen LogP contribution in [0.2, 0.25) is 0 Å². The van der Waals surface area contributed by atoms with Gasteiger partial charge in [-0.1, -0.05) is 38.8 Å². The molecular weight excluding hydrogens is 324 g/mol. The maximum atomic E-state index is 12.8. The Morgan fingerprint density at radius 1 is 1.12 bits per heavy atom. The van der Waals surface area contributed by atoms with E-state index in [1.165, 1.54) is 18.4 Å². The highest BCUT2D eigenvalue weighted by atomic mass is 16.3. The van der Waals surface area contributed by atoms with Gasteiger partial charge in [-0.05, 0) is 74.7 Å². The molecule has 1 aromatic rings. The molecule has 1 saturated heterocycles. The van der Waals surface area contributed by atoms with Crippen LogP contribution in [0.4, 0.5) is 0 Å². The van der Waals surface area contributed by atoms with E-state index in [4.69, 9.17) is 0 Å². The minimum absolute atomic E-state index is 0.0554. The van der Waals surface area contributed by atoms with Crippen molar-refractivity contribution in [2.45, 2.75) is 70.9 Å². The maximum Gasteiger partial charge on any atom is 0.237 e. The maximum absolute atomic E-state index is 12.8. The van der Waals surface area contributed by atoms with E-state index in [1.807, 2.05) is 19.1 Å². The third kappa shape index (κ3) is 4.40. The fourth-order valence-corrected chi connectivity index (χ4v) is 4.62. The minimum Gasteiger partial charge on any atom is -0.508 e. The number of phenolic OH excluding ortho intramolecular Hbond substituents is 1. The van der Waals surface area contributed by atoms with Crippen molar-refractivity contribution in [1.82, 2.24) is 10.2 Å². The quantitative estimate of drug-likeness (QED) is 0.858. The van der Waals surface area contributed by atoms with Gasteiger partial charge in [-0.2, -0.15) is 0 Å². The molecule has 1 aliphatic heterocycles. The summed E-state index contributed by atoms with van der Waals surface area (Å²) in [6.45, 7) is 8.55. The van der Waals surface area contributed by atoms with E-state index in [0.717, 1.165) is 32.4 Å². The number of aromatic hydroxyl groups is 1. The average Bonchev–Trinajstić information content (AvgIpc) is 2.65. The van der Waals surface area contributed by atoms with E-state index >= 15 is 0 Å². The van der Waals surface area contributed by atoms with Crippen molar-refractivity contribution in [2.75, 3.05) is 13.1 Å². The second-order valence-corrected chi connectivity index (χ2v) is 8.46. The molecule has 0 spiro atoms. The minimum atomic E-state index is -0.0554. The summed E-state index contributed by atoms with van der Waals surface area (Å²) in [5.41, 5.74) is 1.30. The SMILES string of the molecule is CC1CCCC(NC(=O)C(C)N2CCC(c3ccc(O)cc3)CC2)C1C. The second kappa shape index (κ2) is 8.43. The number of piperidine rings is 1. The zero-order valence-electron chi connectivity index (χ0n) is 16.4. The Labute approximate surface area is 158 Å². The summed E-state index contributed by atoms with van der Waals surface area (Å²) in [5.74, 6) is 2.31. The molecular formula is C22H34N2O2. The summed E-state index contributed by atoms with van der Waals surface area (Å²) in [6.07, 6.45) is 5.77. The van der Waals surface area contributed by atoms with Crippen LogP contribution in [0.25, 0.3) is 0 Å². The number of hydrogen-bond acceptors (Lipinski definition) is 3. The fraction of sp³-hybridized carbons (Fsp3) is 0.682. The molecule has 1 aliphatic carbocycles. The molecule has 1 saturated carbocycles. The molecule has 144 valence electrons. The molecule has 2 aliphatic rings. The van der Waals surface area contributed by atoms with Crippen molar-refractivity contribution in [2.24, 2.45) is 11.8 Å². The van der Waals surface area contributed by atoms with Crippen molar-refractivity contribution in [3.8, 4) is 5.75 Å². The van der Waals surface area contributed by atoms with E-state index in [0.29, 0.717) is 29.5 Å². The summed E-state index contributed by atoms with van der Waals surface area (Å²) in [7, 11) is 0. The molecule has 2 N–H and O–H groups in total. The number of rotatable bonds is 4. The number of carbonyl (C=O) groups is 1. The highest BCUT2D eigenvalue weighted by molar-refractivity contribution is 5.81. The van der Waals surface area contributed by atoms with Crippen molar-refractivity contribution in [1.29, 1.82) is 0 Å². The molecule has 0 radical (unpaired) electrons. The van der Waals surface area contributed by atoms with E-state index < -0.39 is 0 Å². The van der Waals surface area contributed by atoms with Crippen LogP contribution in [0.3, 0.4) is 0 Å². The second-order valence-electron chi connectivity index (χ2n) is 8.46. The van der Waals surface area contributed by atoms with Gasteiger partial charge in [-0.15, -0.1) is 0 Å². The molecule has 1 aromatic carbocycles. The zero-order chi connectivity index (χ0) is 18.7. The van der Waals surface area contributed by atoms with Gasteiger partial charge in [-0.25, -0.2) is 0 Å². The summed E-state index contributed by atoms with van der Waals surface area (Å²) in [4.78, 5) is 15.1. The summed E-state index contributed by atoms with van der Waals surface area (Å²) in [5, 5.41) is 12.8. The van der Waals surface area contributed by atoms with Crippen molar-refractivity contribution in [3.63, 3.8) is 0 Å². The number of amides is 1. The van der Waals surface area contributed by atoms with Crippen LogP contribution in [-0.4, -0.2) is 41.1 Å². The summed E-state index contributed by atoms with van der Waals surface area (Å²) < 4.78 is 0. The number of benzene rings is 1. The molecule has 3 rings (SSSR count). The summed E-state index contributed by atoms with van der Waals surface area (Å²) >= 11 is 0. The fourth-order valence-electron chi connectivity index (χ4n) is 4.62. The topological polar surface area (TPSA) is 52.6 Å². The highest BCUT2D eigenvalue weighted by Gasteiger charge is 2.32. The lowest BCUT2D eigenvalue weighted by molar-refractivity contribution is -0.127. The van der Waals surface area contributed by atoms with Gasteiger partial charge in [-0.3, -0.25) is 9.69 Å². The van der Waals surface area contributed by atoms with E-state index in [-0.39, 0.29) is 11.9 Å². The molecule has 0 bridgehead atoms. The first kappa shape index (κ1) is 19.2. The van der Waals surface area contributed by atoms with E-state index in [9.17, 15) is 9.90 Å². The average molecular weight is 359 g/mol. The lowest BCUT2D eigenvalue weighted by Crippen LogP contribution is -2.52. The first-order valence-electron chi connectivity index (χ1n) is 10.3. The Bertz CT molecular complexity index is 593. The van der Waals surface area contributed by atoms with Crippen LogP contribution >= 0.6 is 0 Å². The molecule has 4 nitrogen and oxygen atoms in total. The van der Waals surface area contributed by atoms with Crippen LogP contribution in [0, 0.1) is 11.8 Å². The van der Waals surface area contributed by atoms with Gasteiger partial charge in [0.25, 0.3) is 0 Å². The van der Waals surface area contributed by atoms with E-state index in [2.05, 4.69) is 24.1 Å². The molecule has 1 amide bonds. The monoisotopic (exact) mass is 358 g/mol. The van der Waals surface area contributed by atoms with Crippen LogP contribution in [0.5, 0.6) is 5.75 Å². The number of carbonyl (C=O) groups excluding carboxylic acids is 1. The molecule has 4 unspecified atom stereocenters. The van der Waals surface area contributed by atoms with Gasteiger partial charge >= 0.3 is 0 Å². The molecule has 1 heterocycles. The Morgan fingerprint density at radius 3 is 2.42 bits per heavy atom. The van der Waals surface area contributed by atoms with Crippen molar-refractivity contribution >= 4 is 5.91 Å². The Balaban J connectivity index is 1.50. The van der Waals surface area contributed by atoms with Gasteiger partial charge in [0.15, 0.2) is 0 Å². The lowest BCUT2D eigenvalue weighted by atomic mass is 9.78. The Kier molecular flexibility index (Phi) is 6.23. The highest BCUT2D eigenvalue weighted by Crippen LogP contribution is 2.31. The number of phenols is 1. The van der Waals surface area contributed by atoms with Gasteiger partial charge in [0.1, 0.15) is 5.75 Å². The first-order chi connectivity index (χ1) is 12.5.